The monoisotopic (exact) mass is 250 g/mol. The van der Waals surface area contributed by atoms with Crippen LogP contribution in [0.25, 0.3) is 0 Å². The molecule has 2 unspecified atom stereocenters. The fraction of sp³-hybridized carbons (Fsp3) is 0.222. The van der Waals surface area contributed by atoms with Crippen LogP contribution in [0.2, 0.25) is 0 Å². The van der Waals surface area contributed by atoms with E-state index in [1.807, 2.05) is 36.4 Å². The summed E-state index contributed by atoms with van der Waals surface area (Å²) in [6, 6.07) is 20.4. The van der Waals surface area contributed by atoms with Crippen molar-refractivity contribution in [2.75, 3.05) is 0 Å². The van der Waals surface area contributed by atoms with E-state index in [-0.39, 0.29) is 0 Å². The topological polar surface area (TPSA) is 20.2 Å². The molecule has 2 atom stereocenters. The van der Waals surface area contributed by atoms with Crippen LogP contribution >= 0.6 is 0 Å². The molecule has 2 aromatic carbocycles. The van der Waals surface area contributed by atoms with Gasteiger partial charge in [0, 0.05) is 0 Å². The quantitative estimate of drug-likeness (QED) is 0.816. The maximum Gasteiger partial charge on any atom is 0.100 e. The number of hydrogen-bond donors (Lipinski definition) is 1. The minimum atomic E-state index is -0.441. The molecule has 1 heteroatoms. The molecule has 0 aromatic heterocycles. The summed E-state index contributed by atoms with van der Waals surface area (Å²) >= 11 is 0. The molecule has 1 aliphatic rings. The molecule has 2 aromatic rings. The van der Waals surface area contributed by atoms with Crippen molar-refractivity contribution < 1.29 is 5.11 Å². The molecule has 96 valence electrons. The maximum absolute atomic E-state index is 10.4. The average Bonchev–Trinajstić information content (AvgIpc) is 2.46. The Bertz CT molecular complexity index is 557. The third kappa shape index (κ3) is 2.61. The highest BCUT2D eigenvalue weighted by atomic mass is 16.3. The van der Waals surface area contributed by atoms with Crippen molar-refractivity contribution in [1.82, 2.24) is 0 Å². The predicted molar refractivity (Wildman–Crippen MR) is 77.7 cm³/mol. The Balaban J connectivity index is 1.70. The minimum absolute atomic E-state index is 0.441. The van der Waals surface area contributed by atoms with Crippen molar-refractivity contribution in [3.05, 3.63) is 83.4 Å². The van der Waals surface area contributed by atoms with Crippen LogP contribution < -0.4 is 0 Å². The van der Waals surface area contributed by atoms with Crippen LogP contribution in [0.1, 0.15) is 23.7 Å². The van der Waals surface area contributed by atoms with E-state index in [1.54, 1.807) is 0 Å². The summed E-state index contributed by atoms with van der Waals surface area (Å²) in [7, 11) is 0. The van der Waals surface area contributed by atoms with Crippen molar-refractivity contribution in [3.8, 4) is 0 Å². The van der Waals surface area contributed by atoms with Gasteiger partial charge in [0.15, 0.2) is 0 Å². The van der Waals surface area contributed by atoms with Crippen LogP contribution in [-0.4, -0.2) is 5.11 Å². The standard InChI is InChI=1S/C18H18O/c19-18(15-9-5-2-6-10-15)17-12-11-16(17)13-14-7-3-1-4-8-14/h1-10,12,16,18-19H,11,13H2. The lowest BCUT2D eigenvalue weighted by atomic mass is 9.76. The van der Waals surface area contributed by atoms with E-state index in [0.717, 1.165) is 18.4 Å². The van der Waals surface area contributed by atoms with Gasteiger partial charge in [-0.05, 0) is 35.5 Å². The molecule has 1 N–H and O–H groups in total. The molecule has 0 aliphatic heterocycles. The van der Waals surface area contributed by atoms with E-state index >= 15 is 0 Å². The zero-order valence-electron chi connectivity index (χ0n) is 10.9. The van der Waals surface area contributed by atoms with E-state index in [4.69, 9.17) is 0 Å². The Morgan fingerprint density at radius 3 is 2.16 bits per heavy atom. The summed E-state index contributed by atoms with van der Waals surface area (Å²) in [4.78, 5) is 0. The summed E-state index contributed by atoms with van der Waals surface area (Å²) < 4.78 is 0. The molecule has 1 nitrogen and oxygen atoms in total. The van der Waals surface area contributed by atoms with E-state index in [0.29, 0.717) is 5.92 Å². The van der Waals surface area contributed by atoms with Crippen molar-refractivity contribution >= 4 is 0 Å². The van der Waals surface area contributed by atoms with Crippen LogP contribution in [0.15, 0.2) is 72.3 Å². The largest absolute Gasteiger partial charge is 0.384 e. The molecule has 0 saturated heterocycles. The van der Waals surface area contributed by atoms with Gasteiger partial charge >= 0.3 is 0 Å². The third-order valence-corrected chi connectivity index (χ3v) is 3.87. The summed E-state index contributed by atoms with van der Waals surface area (Å²) in [6.07, 6.45) is 3.83. The van der Waals surface area contributed by atoms with Crippen LogP contribution in [0, 0.1) is 5.92 Å². The molecule has 0 amide bonds. The minimum Gasteiger partial charge on any atom is -0.384 e. The van der Waals surface area contributed by atoms with Gasteiger partial charge in [-0.15, -0.1) is 0 Å². The van der Waals surface area contributed by atoms with E-state index < -0.39 is 6.10 Å². The Kier molecular flexibility index (Phi) is 3.47. The molecule has 0 spiro atoms. The molecule has 1 aliphatic carbocycles. The number of benzene rings is 2. The zero-order valence-corrected chi connectivity index (χ0v) is 10.9. The lowest BCUT2D eigenvalue weighted by Gasteiger charge is -2.31. The van der Waals surface area contributed by atoms with Gasteiger partial charge in [0.25, 0.3) is 0 Å². The number of aliphatic hydroxyl groups is 1. The van der Waals surface area contributed by atoms with Crippen LogP contribution in [-0.2, 0) is 6.42 Å². The van der Waals surface area contributed by atoms with Gasteiger partial charge < -0.3 is 5.11 Å². The SMILES string of the molecule is OC(C1=CCC1Cc1ccccc1)c1ccccc1. The summed E-state index contributed by atoms with van der Waals surface area (Å²) in [5.74, 6) is 0.484. The van der Waals surface area contributed by atoms with Gasteiger partial charge in [-0.1, -0.05) is 66.7 Å². The second-order valence-corrected chi connectivity index (χ2v) is 5.14. The highest BCUT2D eigenvalue weighted by molar-refractivity contribution is 5.33. The van der Waals surface area contributed by atoms with Gasteiger partial charge in [-0.25, -0.2) is 0 Å². The van der Waals surface area contributed by atoms with Gasteiger partial charge in [-0.3, -0.25) is 0 Å². The van der Waals surface area contributed by atoms with Gasteiger partial charge in [0.2, 0.25) is 0 Å². The Labute approximate surface area is 114 Å². The Morgan fingerprint density at radius 1 is 0.947 bits per heavy atom. The van der Waals surface area contributed by atoms with Crippen molar-refractivity contribution in [3.63, 3.8) is 0 Å². The molecule has 0 fully saturated rings. The van der Waals surface area contributed by atoms with Gasteiger partial charge in [-0.2, -0.15) is 0 Å². The van der Waals surface area contributed by atoms with E-state index in [9.17, 15) is 5.11 Å². The molecule has 3 rings (SSSR count). The average molecular weight is 250 g/mol. The first-order valence-electron chi connectivity index (χ1n) is 6.81. The normalized spacial score (nSPS) is 19.4. The van der Waals surface area contributed by atoms with Crippen LogP contribution in [0.5, 0.6) is 0 Å². The van der Waals surface area contributed by atoms with Crippen molar-refractivity contribution in [2.45, 2.75) is 18.9 Å². The molecule has 0 saturated carbocycles. The third-order valence-electron chi connectivity index (χ3n) is 3.87. The lowest BCUT2D eigenvalue weighted by Crippen LogP contribution is -2.21. The summed E-state index contributed by atoms with van der Waals surface area (Å²) in [5, 5.41) is 10.4. The number of aliphatic hydroxyl groups excluding tert-OH is 1. The zero-order chi connectivity index (χ0) is 13.1. The van der Waals surface area contributed by atoms with E-state index in [1.165, 1.54) is 11.1 Å². The summed E-state index contributed by atoms with van der Waals surface area (Å²) in [6.45, 7) is 0. The van der Waals surface area contributed by atoms with Crippen molar-refractivity contribution in [1.29, 1.82) is 0 Å². The first kappa shape index (κ1) is 12.2. The van der Waals surface area contributed by atoms with Crippen molar-refractivity contribution in [2.24, 2.45) is 5.92 Å². The first-order valence-corrected chi connectivity index (χ1v) is 6.81. The number of allylic oxidation sites excluding steroid dienone is 1. The van der Waals surface area contributed by atoms with Crippen LogP contribution in [0.3, 0.4) is 0 Å². The number of hydrogen-bond acceptors (Lipinski definition) is 1. The number of rotatable bonds is 4. The molecule has 19 heavy (non-hydrogen) atoms. The first-order chi connectivity index (χ1) is 9.34. The second kappa shape index (κ2) is 5.41. The molecule has 0 heterocycles. The van der Waals surface area contributed by atoms with Crippen LogP contribution in [0.4, 0.5) is 0 Å². The molecular formula is C18H18O. The Hall–Kier alpha value is -1.86. The Morgan fingerprint density at radius 2 is 1.58 bits per heavy atom. The predicted octanol–water partition coefficient (Wildman–Crippen LogP) is 3.91. The molecule has 0 bridgehead atoms. The van der Waals surface area contributed by atoms with E-state index in [2.05, 4.69) is 30.3 Å². The highest BCUT2D eigenvalue weighted by Gasteiger charge is 2.27. The maximum atomic E-state index is 10.4. The smallest absolute Gasteiger partial charge is 0.100 e. The van der Waals surface area contributed by atoms with Gasteiger partial charge in [0.05, 0.1) is 0 Å². The second-order valence-electron chi connectivity index (χ2n) is 5.14. The molecule has 0 radical (unpaired) electrons. The summed E-state index contributed by atoms with van der Waals surface area (Å²) in [5.41, 5.74) is 3.51. The fourth-order valence-corrected chi connectivity index (χ4v) is 2.68. The lowest BCUT2D eigenvalue weighted by molar-refractivity contribution is 0.191. The van der Waals surface area contributed by atoms with Gasteiger partial charge in [0.1, 0.15) is 6.10 Å². The highest BCUT2D eigenvalue weighted by Crippen LogP contribution is 2.38. The fourth-order valence-electron chi connectivity index (χ4n) is 2.68. The molecular weight excluding hydrogens is 232 g/mol.